The van der Waals surface area contributed by atoms with E-state index in [4.69, 9.17) is 4.74 Å². The number of aryl methyl sites for hydroxylation is 1. The second-order valence-electron chi connectivity index (χ2n) is 9.93. The molecule has 0 spiro atoms. The van der Waals surface area contributed by atoms with Crippen LogP contribution in [0.3, 0.4) is 0 Å². The Labute approximate surface area is 213 Å². The highest BCUT2D eigenvalue weighted by atomic mass is 19.1. The van der Waals surface area contributed by atoms with E-state index in [0.717, 1.165) is 27.6 Å². The van der Waals surface area contributed by atoms with Crippen molar-refractivity contribution in [2.45, 2.75) is 33.0 Å². The smallest absolute Gasteiger partial charge is 0.419 e. The first-order valence-electron chi connectivity index (χ1n) is 11.9. The number of nitrogens with zero attached hydrogens (tertiary/aromatic N) is 4. The van der Waals surface area contributed by atoms with Crippen molar-refractivity contribution >= 4 is 17.0 Å². The van der Waals surface area contributed by atoms with Gasteiger partial charge in [0.25, 0.3) is 0 Å². The number of benzene rings is 3. The van der Waals surface area contributed by atoms with Gasteiger partial charge < -0.3 is 14.4 Å². The van der Waals surface area contributed by atoms with Crippen LogP contribution < -0.4 is 0 Å². The predicted molar refractivity (Wildman–Crippen MR) is 140 cm³/mol. The summed E-state index contributed by atoms with van der Waals surface area (Å²) in [4.78, 5) is 13.4. The van der Waals surface area contributed by atoms with Gasteiger partial charge in [0.05, 0.1) is 17.8 Å². The summed E-state index contributed by atoms with van der Waals surface area (Å²) < 4.78 is 23.3. The molecular formula is C29H27FN4O3. The minimum atomic E-state index is -0.684. The Hall–Kier alpha value is -4.30. The molecule has 2 aromatic heterocycles. The maximum atomic E-state index is 14.3. The maximum absolute atomic E-state index is 14.3. The molecule has 3 aromatic carbocycles. The first-order valence-corrected chi connectivity index (χ1v) is 11.9. The van der Waals surface area contributed by atoms with Crippen molar-refractivity contribution in [3.63, 3.8) is 0 Å². The molecular weight excluding hydrogens is 471 g/mol. The zero-order chi connectivity index (χ0) is 26.3. The molecule has 0 aliphatic heterocycles. The SMILES string of the molecule is Cn1cnnc1-c1cc(F)ccc1-c1cccc(-c2cc3cc(CO)ccc3n2C(=O)OC(C)(C)C)c1. The molecule has 0 aliphatic carbocycles. The van der Waals surface area contributed by atoms with Gasteiger partial charge in [-0.15, -0.1) is 10.2 Å². The van der Waals surface area contributed by atoms with Crippen molar-refractivity contribution in [3.8, 4) is 33.8 Å². The van der Waals surface area contributed by atoms with Gasteiger partial charge in [0.1, 0.15) is 17.7 Å². The first-order chi connectivity index (χ1) is 17.6. The molecule has 0 saturated heterocycles. The molecule has 7 nitrogen and oxygen atoms in total. The molecule has 0 fully saturated rings. The van der Waals surface area contributed by atoms with E-state index >= 15 is 0 Å². The summed E-state index contributed by atoms with van der Waals surface area (Å²) in [5.41, 5.74) is 4.37. The lowest BCUT2D eigenvalue weighted by atomic mass is 9.96. The van der Waals surface area contributed by atoms with Crippen LogP contribution >= 0.6 is 0 Å². The van der Waals surface area contributed by atoms with Crippen molar-refractivity contribution in [1.82, 2.24) is 19.3 Å². The van der Waals surface area contributed by atoms with E-state index in [-0.39, 0.29) is 12.4 Å². The largest absolute Gasteiger partial charge is 0.443 e. The van der Waals surface area contributed by atoms with Gasteiger partial charge in [0, 0.05) is 18.0 Å². The fraction of sp³-hybridized carbons (Fsp3) is 0.207. The molecule has 37 heavy (non-hydrogen) atoms. The van der Waals surface area contributed by atoms with Crippen molar-refractivity contribution in [1.29, 1.82) is 0 Å². The Bertz CT molecular complexity index is 1630. The van der Waals surface area contributed by atoms with Gasteiger partial charge in [-0.3, -0.25) is 0 Å². The Morgan fingerprint density at radius 1 is 1.00 bits per heavy atom. The summed E-state index contributed by atoms with van der Waals surface area (Å²) in [7, 11) is 1.81. The Morgan fingerprint density at radius 2 is 1.78 bits per heavy atom. The van der Waals surface area contributed by atoms with Crippen LogP contribution in [0.1, 0.15) is 26.3 Å². The third-order valence-electron chi connectivity index (χ3n) is 6.03. The molecule has 0 unspecified atom stereocenters. The van der Waals surface area contributed by atoms with Crippen molar-refractivity contribution in [2.24, 2.45) is 7.05 Å². The molecule has 0 saturated carbocycles. The molecule has 0 aliphatic rings. The number of halogens is 1. The van der Waals surface area contributed by atoms with Gasteiger partial charge in [0.15, 0.2) is 5.82 Å². The molecule has 2 heterocycles. The predicted octanol–water partition coefficient (Wildman–Crippen LogP) is 6.19. The first kappa shape index (κ1) is 24.4. The molecule has 0 bridgehead atoms. The van der Waals surface area contributed by atoms with Crippen molar-refractivity contribution < 1.29 is 19.0 Å². The van der Waals surface area contributed by atoms with Gasteiger partial charge in [-0.2, -0.15) is 0 Å². The van der Waals surface area contributed by atoms with E-state index in [9.17, 15) is 14.3 Å². The molecule has 0 amide bonds. The molecule has 0 radical (unpaired) electrons. The van der Waals surface area contributed by atoms with Crippen molar-refractivity contribution in [3.05, 3.63) is 84.4 Å². The molecule has 1 N–H and O–H groups in total. The highest BCUT2D eigenvalue weighted by molar-refractivity contribution is 5.97. The Kier molecular flexibility index (Phi) is 6.13. The standard InChI is InChI=1S/C29H27FN4O3/c1-29(2,3)37-28(36)34-25-11-8-18(16-35)12-21(25)14-26(34)20-7-5-6-19(13-20)23-10-9-22(30)15-24(23)27-32-31-17-33(27)4/h5-15,17,35H,16H2,1-4H3. The van der Waals surface area contributed by atoms with Gasteiger partial charge in [0.2, 0.25) is 0 Å². The summed E-state index contributed by atoms with van der Waals surface area (Å²) in [6.45, 7) is 5.36. The van der Waals surface area contributed by atoms with E-state index in [2.05, 4.69) is 10.2 Å². The van der Waals surface area contributed by atoms with E-state index in [1.807, 2.05) is 63.2 Å². The number of fused-ring (bicyclic) bond motifs is 1. The monoisotopic (exact) mass is 498 g/mol. The molecule has 5 aromatic rings. The number of rotatable bonds is 4. The maximum Gasteiger partial charge on any atom is 0.419 e. The number of hydrogen-bond donors (Lipinski definition) is 1. The number of aromatic nitrogens is 4. The van der Waals surface area contributed by atoms with Crippen LogP contribution in [0.4, 0.5) is 9.18 Å². The van der Waals surface area contributed by atoms with E-state index in [1.54, 1.807) is 34.6 Å². The highest BCUT2D eigenvalue weighted by Crippen LogP contribution is 2.36. The van der Waals surface area contributed by atoms with Crippen LogP contribution in [0.15, 0.2) is 73.1 Å². The molecule has 8 heteroatoms. The summed E-state index contributed by atoms with van der Waals surface area (Å²) in [5, 5.41) is 18.5. The van der Waals surface area contributed by atoms with Crippen LogP contribution in [0.2, 0.25) is 0 Å². The second kappa shape index (κ2) is 9.29. The van der Waals surface area contributed by atoms with E-state index < -0.39 is 11.7 Å². The summed E-state index contributed by atoms with van der Waals surface area (Å²) >= 11 is 0. The van der Waals surface area contributed by atoms with Gasteiger partial charge in [-0.25, -0.2) is 13.8 Å². The van der Waals surface area contributed by atoms with Crippen LogP contribution in [-0.2, 0) is 18.4 Å². The Morgan fingerprint density at radius 3 is 2.49 bits per heavy atom. The summed E-state index contributed by atoms with van der Waals surface area (Å²) in [5.74, 6) is 0.168. The zero-order valence-electron chi connectivity index (χ0n) is 21.1. The van der Waals surface area contributed by atoms with E-state index in [0.29, 0.717) is 22.6 Å². The minimum Gasteiger partial charge on any atom is -0.443 e. The van der Waals surface area contributed by atoms with Crippen LogP contribution in [0.5, 0.6) is 0 Å². The number of aliphatic hydroxyl groups is 1. The van der Waals surface area contributed by atoms with Crippen molar-refractivity contribution in [2.75, 3.05) is 0 Å². The molecule has 188 valence electrons. The number of ether oxygens (including phenoxy) is 1. The van der Waals surface area contributed by atoms with Crippen LogP contribution in [-0.4, -0.2) is 36.1 Å². The molecule has 5 rings (SSSR count). The van der Waals surface area contributed by atoms with Gasteiger partial charge in [-0.05, 0) is 79.4 Å². The Balaban J connectivity index is 1.69. The average Bonchev–Trinajstić information content (AvgIpc) is 3.46. The summed E-state index contributed by atoms with van der Waals surface area (Å²) in [6, 6.07) is 19.6. The number of aliphatic hydroxyl groups excluding tert-OH is 1. The fourth-order valence-corrected chi connectivity index (χ4v) is 4.41. The third kappa shape index (κ3) is 4.75. The quantitative estimate of drug-likeness (QED) is 0.320. The third-order valence-corrected chi connectivity index (χ3v) is 6.03. The zero-order valence-corrected chi connectivity index (χ0v) is 21.1. The highest BCUT2D eigenvalue weighted by Gasteiger charge is 2.23. The second-order valence-corrected chi connectivity index (χ2v) is 9.93. The lowest BCUT2D eigenvalue weighted by Crippen LogP contribution is -2.27. The van der Waals surface area contributed by atoms with Gasteiger partial charge in [-0.1, -0.05) is 30.3 Å². The normalized spacial score (nSPS) is 11.7. The number of carbonyl (C=O) groups excluding carboxylic acids is 1. The molecule has 0 atom stereocenters. The average molecular weight is 499 g/mol. The van der Waals surface area contributed by atoms with E-state index in [1.165, 1.54) is 12.1 Å². The number of hydrogen-bond acceptors (Lipinski definition) is 5. The summed E-state index contributed by atoms with van der Waals surface area (Å²) in [6.07, 6.45) is 1.07. The lowest BCUT2D eigenvalue weighted by molar-refractivity contribution is 0.0547. The lowest BCUT2D eigenvalue weighted by Gasteiger charge is -2.21. The fourth-order valence-electron chi connectivity index (χ4n) is 4.41. The minimum absolute atomic E-state index is 0.103. The van der Waals surface area contributed by atoms with Crippen LogP contribution in [0.25, 0.3) is 44.7 Å². The topological polar surface area (TPSA) is 82.2 Å². The van der Waals surface area contributed by atoms with Crippen LogP contribution in [0, 0.1) is 5.82 Å². The number of carbonyl (C=O) groups is 1. The van der Waals surface area contributed by atoms with Gasteiger partial charge >= 0.3 is 6.09 Å².